The number of halogens is 1. The number of anilines is 5. The zero-order valence-corrected chi connectivity index (χ0v) is 26.6. The Hall–Kier alpha value is -3.56. The van der Waals surface area contributed by atoms with E-state index in [1.807, 2.05) is 12.1 Å². The molecule has 0 saturated carbocycles. The largest absolute Gasteiger partial charge is 0.494 e. The van der Waals surface area contributed by atoms with Crippen molar-refractivity contribution in [3.05, 3.63) is 59.2 Å². The molecule has 4 rings (SSSR count). The average Bonchev–Trinajstić information content (AvgIpc) is 3.04. The summed E-state index contributed by atoms with van der Waals surface area (Å²) >= 11 is 6.40. The molecule has 1 aliphatic rings. The van der Waals surface area contributed by atoms with E-state index >= 15 is 0 Å². The van der Waals surface area contributed by atoms with E-state index < -0.39 is 0 Å². The van der Waals surface area contributed by atoms with Gasteiger partial charge in [-0.3, -0.25) is 9.69 Å². The second-order valence-electron chi connectivity index (χ2n) is 11.0. The molecule has 1 saturated heterocycles. The van der Waals surface area contributed by atoms with Gasteiger partial charge in [-0.25, -0.2) is 4.98 Å². The number of hydrogen-bond acceptors (Lipinski definition) is 8. The molecule has 10 heteroatoms. The number of benzene rings is 2. The molecule has 3 aromatic rings. The van der Waals surface area contributed by atoms with Crippen LogP contribution < -0.4 is 25.6 Å². The van der Waals surface area contributed by atoms with Crippen LogP contribution in [0.1, 0.15) is 68.6 Å². The maximum atomic E-state index is 12.3. The van der Waals surface area contributed by atoms with Gasteiger partial charge in [0, 0.05) is 45.0 Å². The van der Waals surface area contributed by atoms with Gasteiger partial charge in [-0.05, 0) is 37.2 Å². The Kier molecular flexibility index (Phi) is 12.7. The second-order valence-corrected chi connectivity index (χ2v) is 11.4. The van der Waals surface area contributed by atoms with Crippen LogP contribution in [-0.4, -0.2) is 67.7 Å². The summed E-state index contributed by atoms with van der Waals surface area (Å²) in [6.45, 7) is 7.63. The lowest BCUT2D eigenvalue weighted by molar-refractivity contribution is 0.0964. The van der Waals surface area contributed by atoms with Crippen molar-refractivity contribution in [2.24, 2.45) is 0 Å². The van der Waals surface area contributed by atoms with Crippen molar-refractivity contribution in [1.82, 2.24) is 20.2 Å². The predicted molar refractivity (Wildman–Crippen MR) is 178 cm³/mol. The van der Waals surface area contributed by atoms with Gasteiger partial charge < -0.3 is 25.6 Å². The monoisotopic (exact) mass is 607 g/mol. The summed E-state index contributed by atoms with van der Waals surface area (Å²) < 4.78 is 5.74. The number of rotatable bonds is 16. The highest BCUT2D eigenvalue weighted by molar-refractivity contribution is 6.33. The van der Waals surface area contributed by atoms with Crippen LogP contribution in [0.2, 0.25) is 5.02 Å². The summed E-state index contributed by atoms with van der Waals surface area (Å²) in [5, 5.41) is 9.41. The van der Waals surface area contributed by atoms with E-state index in [0.717, 1.165) is 37.6 Å². The summed E-state index contributed by atoms with van der Waals surface area (Å²) in [5.41, 5.74) is 2.96. The highest BCUT2D eigenvalue weighted by Gasteiger charge is 2.19. The van der Waals surface area contributed by atoms with Gasteiger partial charge in [-0.1, -0.05) is 75.6 Å². The van der Waals surface area contributed by atoms with Gasteiger partial charge in [0.05, 0.1) is 30.2 Å². The first-order valence-corrected chi connectivity index (χ1v) is 15.9. The number of para-hydroxylation sites is 1. The van der Waals surface area contributed by atoms with Crippen LogP contribution >= 0.6 is 11.6 Å². The normalized spacial score (nSPS) is 13.5. The summed E-state index contributed by atoms with van der Waals surface area (Å²) in [5.74, 6) is 1.24. The van der Waals surface area contributed by atoms with Crippen molar-refractivity contribution in [3.8, 4) is 5.75 Å². The fourth-order valence-electron chi connectivity index (χ4n) is 5.37. The molecule has 3 N–H and O–H groups in total. The van der Waals surface area contributed by atoms with Crippen molar-refractivity contribution in [2.75, 3.05) is 62.4 Å². The van der Waals surface area contributed by atoms with Crippen LogP contribution in [0.25, 0.3) is 0 Å². The molecule has 1 aliphatic heterocycles. The minimum absolute atomic E-state index is 0.207. The number of aromatic nitrogens is 2. The number of amides is 1. The predicted octanol–water partition coefficient (Wildman–Crippen LogP) is 7.25. The van der Waals surface area contributed by atoms with Crippen LogP contribution in [0.3, 0.4) is 0 Å². The standard InChI is InChI=1S/C33H46ClN7O2/c1-4-5-6-7-8-9-10-13-18-40-19-21-41(22-20-40)25-16-17-29(30(23-25)43-3)38-33-36-24-27(34)31(39-33)37-28-15-12-11-14-26(28)32(42)35-2/h11-12,14-17,23-24H,4-10,13,18-22H2,1-3H3,(H,35,42)(H2,36,37,38,39). The molecule has 0 atom stereocenters. The van der Waals surface area contributed by atoms with Crippen LogP contribution in [-0.2, 0) is 0 Å². The number of carbonyl (C=O) groups is 1. The van der Waals surface area contributed by atoms with Crippen LogP contribution in [0.5, 0.6) is 5.75 Å². The van der Waals surface area contributed by atoms with Crippen molar-refractivity contribution in [1.29, 1.82) is 0 Å². The van der Waals surface area contributed by atoms with Gasteiger partial charge in [0.2, 0.25) is 5.95 Å². The Balaban J connectivity index is 1.32. The van der Waals surface area contributed by atoms with Gasteiger partial charge in [-0.15, -0.1) is 0 Å². The number of piperazine rings is 1. The van der Waals surface area contributed by atoms with Gasteiger partial charge in [0.25, 0.3) is 5.91 Å². The van der Waals surface area contributed by atoms with E-state index in [-0.39, 0.29) is 5.91 Å². The van der Waals surface area contributed by atoms with Gasteiger partial charge in [0.15, 0.2) is 5.82 Å². The van der Waals surface area contributed by atoms with Crippen molar-refractivity contribution in [3.63, 3.8) is 0 Å². The highest BCUT2D eigenvalue weighted by atomic mass is 35.5. The molecule has 1 fully saturated rings. The lowest BCUT2D eigenvalue weighted by Crippen LogP contribution is -2.46. The molecule has 0 bridgehead atoms. The molecule has 9 nitrogen and oxygen atoms in total. The second kappa shape index (κ2) is 16.9. The van der Waals surface area contributed by atoms with E-state index in [1.165, 1.54) is 64.1 Å². The minimum atomic E-state index is -0.207. The Morgan fingerprint density at radius 3 is 2.37 bits per heavy atom. The zero-order valence-electron chi connectivity index (χ0n) is 25.8. The topological polar surface area (TPSA) is 94.7 Å². The maximum absolute atomic E-state index is 12.3. The van der Waals surface area contributed by atoms with Crippen molar-refractivity contribution >= 4 is 46.3 Å². The lowest BCUT2D eigenvalue weighted by atomic mass is 10.1. The average molecular weight is 608 g/mol. The summed E-state index contributed by atoms with van der Waals surface area (Å²) in [4.78, 5) is 26.2. The Morgan fingerprint density at radius 2 is 1.65 bits per heavy atom. The molecule has 1 aromatic heterocycles. The van der Waals surface area contributed by atoms with Crippen molar-refractivity contribution in [2.45, 2.75) is 58.3 Å². The molecular formula is C33H46ClN7O2. The Bertz CT molecular complexity index is 1310. The van der Waals surface area contributed by atoms with E-state index in [4.69, 9.17) is 16.3 Å². The molecule has 0 radical (unpaired) electrons. The SMILES string of the molecule is CCCCCCCCCCN1CCN(c2ccc(Nc3ncc(Cl)c(Nc4ccccc4C(=O)NC)n3)c(OC)c2)CC1. The molecular weight excluding hydrogens is 562 g/mol. The van der Waals surface area contributed by atoms with E-state index in [9.17, 15) is 4.79 Å². The van der Waals surface area contributed by atoms with Gasteiger partial charge >= 0.3 is 0 Å². The summed E-state index contributed by atoms with van der Waals surface area (Å²) in [6, 6.07) is 13.3. The van der Waals surface area contributed by atoms with Gasteiger partial charge in [-0.2, -0.15) is 4.98 Å². The minimum Gasteiger partial charge on any atom is -0.494 e. The van der Waals surface area contributed by atoms with E-state index in [1.54, 1.807) is 32.4 Å². The fraction of sp³-hybridized carbons (Fsp3) is 0.485. The van der Waals surface area contributed by atoms with Crippen LogP contribution in [0.4, 0.5) is 28.8 Å². The number of nitrogens with zero attached hydrogens (tertiary/aromatic N) is 4. The number of methoxy groups -OCH3 is 1. The molecule has 1 amide bonds. The first kappa shape index (κ1) is 32.4. The van der Waals surface area contributed by atoms with E-state index in [0.29, 0.717) is 33.8 Å². The molecule has 43 heavy (non-hydrogen) atoms. The first-order chi connectivity index (χ1) is 21.0. The highest BCUT2D eigenvalue weighted by Crippen LogP contribution is 2.33. The zero-order chi connectivity index (χ0) is 30.4. The third-order valence-electron chi connectivity index (χ3n) is 7.89. The molecule has 2 heterocycles. The quantitative estimate of drug-likeness (QED) is 0.147. The fourth-order valence-corrected chi connectivity index (χ4v) is 5.50. The Morgan fingerprint density at radius 1 is 0.930 bits per heavy atom. The Labute approximate surface area is 261 Å². The molecule has 0 aliphatic carbocycles. The number of ether oxygens (including phenoxy) is 1. The molecule has 0 unspecified atom stereocenters. The summed E-state index contributed by atoms with van der Waals surface area (Å²) in [7, 11) is 3.26. The maximum Gasteiger partial charge on any atom is 0.253 e. The smallest absolute Gasteiger partial charge is 0.253 e. The van der Waals surface area contributed by atoms with E-state index in [2.05, 4.69) is 54.8 Å². The summed E-state index contributed by atoms with van der Waals surface area (Å²) in [6.07, 6.45) is 12.4. The first-order valence-electron chi connectivity index (χ1n) is 15.6. The third kappa shape index (κ3) is 9.46. The number of carbonyl (C=O) groups excluding carboxylic acids is 1. The third-order valence-corrected chi connectivity index (χ3v) is 8.17. The number of unbranched alkanes of at least 4 members (excludes halogenated alkanes) is 7. The molecule has 0 spiro atoms. The number of hydrogen-bond donors (Lipinski definition) is 3. The molecule has 2 aromatic carbocycles. The lowest BCUT2D eigenvalue weighted by Gasteiger charge is -2.36. The van der Waals surface area contributed by atoms with Crippen LogP contribution in [0, 0.1) is 0 Å². The van der Waals surface area contributed by atoms with Gasteiger partial charge in [0.1, 0.15) is 10.8 Å². The van der Waals surface area contributed by atoms with Crippen molar-refractivity contribution < 1.29 is 9.53 Å². The van der Waals surface area contributed by atoms with Crippen LogP contribution in [0.15, 0.2) is 48.7 Å². The number of nitrogens with one attached hydrogen (secondary N) is 3. The molecule has 232 valence electrons.